The first-order valence-corrected chi connectivity index (χ1v) is 8.39. The van der Waals surface area contributed by atoms with Gasteiger partial charge in [0.1, 0.15) is 0 Å². The predicted octanol–water partition coefficient (Wildman–Crippen LogP) is -0.443. The molecule has 1 aromatic carbocycles. The molecule has 2 aliphatic rings. The van der Waals surface area contributed by atoms with E-state index in [9.17, 15) is 9.59 Å². The third-order valence-electron chi connectivity index (χ3n) is 4.25. The van der Waals surface area contributed by atoms with E-state index in [4.69, 9.17) is 14.6 Å². The summed E-state index contributed by atoms with van der Waals surface area (Å²) in [5.74, 6) is 0.331. The summed E-state index contributed by atoms with van der Waals surface area (Å²) < 4.78 is 10.7. The average Bonchev–Trinajstić information content (AvgIpc) is 3.07. The molecule has 2 aliphatic heterocycles. The molecule has 1 atom stereocenters. The molecule has 2 heterocycles. The van der Waals surface area contributed by atoms with Gasteiger partial charge in [0.15, 0.2) is 11.5 Å². The van der Waals surface area contributed by atoms with E-state index < -0.39 is 17.9 Å². The van der Waals surface area contributed by atoms with Gasteiger partial charge >= 0.3 is 11.8 Å². The molecule has 8 nitrogen and oxygen atoms in total. The minimum absolute atomic E-state index is 0.0780. The number of hydrogen-bond donors (Lipinski definition) is 2. The number of benzene rings is 1. The largest absolute Gasteiger partial charge is 0.454 e. The van der Waals surface area contributed by atoms with Gasteiger partial charge in [0.25, 0.3) is 0 Å². The minimum Gasteiger partial charge on any atom is -0.454 e. The summed E-state index contributed by atoms with van der Waals surface area (Å²) in [4.78, 5) is 27.6. The van der Waals surface area contributed by atoms with Crippen LogP contribution in [0.2, 0.25) is 0 Å². The van der Waals surface area contributed by atoms with Gasteiger partial charge < -0.3 is 24.8 Å². The fourth-order valence-electron chi connectivity index (χ4n) is 2.87. The fourth-order valence-corrected chi connectivity index (χ4v) is 2.87. The molecule has 8 heteroatoms. The fraction of sp³-hybridized carbons (Fsp3) is 0.529. The molecule has 2 amide bonds. The first-order valence-electron chi connectivity index (χ1n) is 8.39. The summed E-state index contributed by atoms with van der Waals surface area (Å²) >= 11 is 0. The number of fused-ring (bicyclic) bond motifs is 1. The Bertz CT molecular complexity index is 641. The molecule has 0 aromatic heterocycles. The number of ether oxygens (including phenoxy) is 2. The van der Waals surface area contributed by atoms with E-state index >= 15 is 0 Å². The highest BCUT2D eigenvalue weighted by molar-refractivity contribution is 6.35. The van der Waals surface area contributed by atoms with Crippen molar-refractivity contribution in [3.8, 4) is 11.5 Å². The third-order valence-corrected chi connectivity index (χ3v) is 4.25. The van der Waals surface area contributed by atoms with Gasteiger partial charge in [-0.15, -0.1) is 0 Å². The quantitative estimate of drug-likeness (QED) is 0.716. The number of carbonyl (C=O) groups is 2. The molecule has 1 unspecified atom stereocenters. The van der Waals surface area contributed by atoms with Gasteiger partial charge in [-0.25, -0.2) is 0 Å². The number of aliphatic hydroxyl groups excluding tert-OH is 1. The molecule has 0 radical (unpaired) electrons. The summed E-state index contributed by atoms with van der Waals surface area (Å²) in [6.07, 6.45) is -0.671. The second kappa shape index (κ2) is 7.71. The van der Waals surface area contributed by atoms with Crippen LogP contribution < -0.4 is 14.8 Å². The number of nitrogens with one attached hydrogen (secondary N) is 1. The zero-order valence-electron chi connectivity index (χ0n) is 14.2. The summed E-state index contributed by atoms with van der Waals surface area (Å²) in [6.45, 7) is 5.06. The zero-order chi connectivity index (χ0) is 17.8. The number of hydrogen-bond acceptors (Lipinski definition) is 6. The molecule has 0 saturated carbocycles. The Morgan fingerprint density at radius 2 is 1.92 bits per heavy atom. The molecule has 0 aliphatic carbocycles. The van der Waals surface area contributed by atoms with Crippen LogP contribution in [0.3, 0.4) is 0 Å². The van der Waals surface area contributed by atoms with E-state index in [2.05, 4.69) is 10.2 Å². The lowest BCUT2D eigenvalue weighted by atomic mass is 10.1. The second-order valence-corrected chi connectivity index (χ2v) is 6.32. The van der Waals surface area contributed by atoms with E-state index in [1.165, 1.54) is 0 Å². The van der Waals surface area contributed by atoms with Crippen LogP contribution in [-0.2, 0) is 16.1 Å². The van der Waals surface area contributed by atoms with Gasteiger partial charge in [-0.2, -0.15) is 0 Å². The molecule has 1 fully saturated rings. The number of carbonyl (C=O) groups excluding carboxylic acids is 2. The lowest BCUT2D eigenvalue weighted by molar-refractivity contribution is -0.147. The lowest BCUT2D eigenvalue weighted by Crippen LogP contribution is -2.52. The van der Waals surface area contributed by atoms with Crippen LogP contribution in [-0.4, -0.2) is 72.3 Å². The molecule has 1 saturated heterocycles. The molecule has 25 heavy (non-hydrogen) atoms. The Morgan fingerprint density at radius 3 is 2.64 bits per heavy atom. The molecule has 136 valence electrons. The minimum atomic E-state index is -0.671. The Labute approximate surface area is 146 Å². The van der Waals surface area contributed by atoms with Gasteiger partial charge in [-0.1, -0.05) is 6.07 Å². The van der Waals surface area contributed by atoms with Gasteiger partial charge in [0, 0.05) is 39.3 Å². The highest BCUT2D eigenvalue weighted by atomic mass is 16.7. The number of nitrogens with zero attached hydrogens (tertiary/aromatic N) is 2. The summed E-state index contributed by atoms with van der Waals surface area (Å²) in [5, 5.41) is 11.6. The summed E-state index contributed by atoms with van der Waals surface area (Å²) in [5.41, 5.74) is 1.12. The van der Waals surface area contributed by atoms with Crippen LogP contribution in [0.5, 0.6) is 11.5 Å². The standard InChI is InChI=1S/C17H23N3O5/c1-12(21)9-18-16(22)17(23)20-6-4-19(5-7-20)10-13-2-3-14-15(8-13)25-11-24-14/h2-3,8,12,21H,4-7,9-11H2,1H3,(H,18,22). The van der Waals surface area contributed by atoms with Crippen LogP contribution in [0, 0.1) is 0 Å². The number of rotatable bonds is 4. The summed E-state index contributed by atoms with van der Waals surface area (Å²) in [7, 11) is 0. The number of amides is 2. The molecule has 0 bridgehead atoms. The van der Waals surface area contributed by atoms with E-state index in [1.54, 1.807) is 11.8 Å². The Kier molecular flexibility index (Phi) is 5.40. The van der Waals surface area contributed by atoms with Crippen molar-refractivity contribution in [3.63, 3.8) is 0 Å². The third kappa shape index (κ3) is 4.40. The molecule has 2 N–H and O–H groups in total. The zero-order valence-corrected chi connectivity index (χ0v) is 14.2. The number of piperazine rings is 1. The SMILES string of the molecule is CC(O)CNC(=O)C(=O)N1CCN(Cc2ccc3c(c2)OCO3)CC1. The van der Waals surface area contributed by atoms with Crippen LogP contribution >= 0.6 is 0 Å². The van der Waals surface area contributed by atoms with E-state index in [0.717, 1.165) is 23.6 Å². The summed E-state index contributed by atoms with van der Waals surface area (Å²) in [6, 6.07) is 5.89. The smallest absolute Gasteiger partial charge is 0.311 e. The lowest BCUT2D eigenvalue weighted by Gasteiger charge is -2.34. The monoisotopic (exact) mass is 349 g/mol. The van der Waals surface area contributed by atoms with Gasteiger partial charge in [-0.3, -0.25) is 14.5 Å². The van der Waals surface area contributed by atoms with Crippen LogP contribution in [0.25, 0.3) is 0 Å². The van der Waals surface area contributed by atoms with Crippen molar-refractivity contribution in [2.24, 2.45) is 0 Å². The van der Waals surface area contributed by atoms with Crippen LogP contribution in [0.4, 0.5) is 0 Å². The molecular formula is C17H23N3O5. The topological polar surface area (TPSA) is 91.3 Å². The van der Waals surface area contributed by atoms with Crippen molar-refractivity contribution in [3.05, 3.63) is 23.8 Å². The van der Waals surface area contributed by atoms with E-state index in [-0.39, 0.29) is 13.3 Å². The Balaban J connectivity index is 1.47. The predicted molar refractivity (Wildman–Crippen MR) is 89.1 cm³/mol. The maximum absolute atomic E-state index is 12.1. The molecule has 0 spiro atoms. The highest BCUT2D eigenvalue weighted by Crippen LogP contribution is 2.32. The first-order chi connectivity index (χ1) is 12.0. The van der Waals surface area contributed by atoms with Crippen LogP contribution in [0.15, 0.2) is 18.2 Å². The average molecular weight is 349 g/mol. The van der Waals surface area contributed by atoms with Gasteiger partial charge in [0.05, 0.1) is 6.10 Å². The maximum Gasteiger partial charge on any atom is 0.311 e. The molecule has 1 aromatic rings. The van der Waals surface area contributed by atoms with Crippen molar-refractivity contribution in [1.29, 1.82) is 0 Å². The highest BCUT2D eigenvalue weighted by Gasteiger charge is 2.26. The van der Waals surface area contributed by atoms with Crippen molar-refractivity contribution < 1.29 is 24.2 Å². The first kappa shape index (κ1) is 17.5. The second-order valence-electron chi connectivity index (χ2n) is 6.32. The van der Waals surface area contributed by atoms with Gasteiger partial charge in [-0.05, 0) is 24.6 Å². The molecule has 3 rings (SSSR count). The van der Waals surface area contributed by atoms with Crippen molar-refractivity contribution in [1.82, 2.24) is 15.1 Å². The Hall–Kier alpha value is -2.32. The van der Waals surface area contributed by atoms with Crippen molar-refractivity contribution >= 4 is 11.8 Å². The normalized spacial score (nSPS) is 18.1. The maximum atomic E-state index is 12.1. The Morgan fingerprint density at radius 1 is 1.20 bits per heavy atom. The van der Waals surface area contributed by atoms with Crippen LogP contribution in [0.1, 0.15) is 12.5 Å². The van der Waals surface area contributed by atoms with Crippen molar-refractivity contribution in [2.75, 3.05) is 39.5 Å². The van der Waals surface area contributed by atoms with Gasteiger partial charge in [0.2, 0.25) is 6.79 Å². The van der Waals surface area contributed by atoms with E-state index in [0.29, 0.717) is 26.2 Å². The number of aliphatic hydroxyl groups is 1. The van der Waals surface area contributed by atoms with Crippen molar-refractivity contribution in [2.45, 2.75) is 19.6 Å². The molecular weight excluding hydrogens is 326 g/mol. The van der Waals surface area contributed by atoms with E-state index in [1.807, 2.05) is 18.2 Å².